The van der Waals surface area contributed by atoms with Crippen molar-refractivity contribution >= 4 is 10.9 Å². The molecule has 0 spiro atoms. The molecule has 0 radical (unpaired) electrons. The van der Waals surface area contributed by atoms with Crippen molar-refractivity contribution in [3.63, 3.8) is 0 Å². The standard InChI is InChI=1S/C17H17NO2/c1-19-16-7-8-17-14(13-16)9-10-18(17)11-12-20-15-5-3-2-4-6-15/h2-10,13H,11-12H2,1H3. The molecule has 1 heterocycles. The van der Waals surface area contributed by atoms with Crippen molar-refractivity contribution in [3.8, 4) is 11.5 Å². The summed E-state index contributed by atoms with van der Waals surface area (Å²) in [5.74, 6) is 1.79. The van der Waals surface area contributed by atoms with Crippen molar-refractivity contribution in [2.24, 2.45) is 0 Å². The normalized spacial score (nSPS) is 10.7. The monoisotopic (exact) mass is 267 g/mol. The molecule has 0 saturated carbocycles. The maximum absolute atomic E-state index is 5.73. The molecule has 3 rings (SSSR count). The van der Waals surface area contributed by atoms with E-state index in [0.29, 0.717) is 6.61 Å². The zero-order valence-electron chi connectivity index (χ0n) is 11.5. The third-order valence-corrected chi connectivity index (χ3v) is 3.32. The summed E-state index contributed by atoms with van der Waals surface area (Å²) in [6.45, 7) is 1.48. The summed E-state index contributed by atoms with van der Waals surface area (Å²) in [5, 5.41) is 1.18. The topological polar surface area (TPSA) is 23.4 Å². The number of methoxy groups -OCH3 is 1. The second-order valence-electron chi connectivity index (χ2n) is 4.60. The van der Waals surface area contributed by atoms with Gasteiger partial charge in [0.15, 0.2) is 0 Å². The van der Waals surface area contributed by atoms with Crippen LogP contribution in [0, 0.1) is 0 Å². The summed E-state index contributed by atoms with van der Waals surface area (Å²) in [5.41, 5.74) is 1.20. The number of rotatable bonds is 5. The van der Waals surface area contributed by atoms with E-state index in [4.69, 9.17) is 9.47 Å². The first-order valence-electron chi connectivity index (χ1n) is 6.67. The molecule has 0 amide bonds. The highest BCUT2D eigenvalue weighted by Gasteiger charge is 2.02. The summed E-state index contributed by atoms with van der Waals surface area (Å²) in [7, 11) is 1.69. The number of ether oxygens (including phenoxy) is 2. The number of aromatic nitrogens is 1. The molecule has 3 aromatic rings. The number of hydrogen-bond acceptors (Lipinski definition) is 2. The highest BCUT2D eigenvalue weighted by Crippen LogP contribution is 2.21. The molecule has 20 heavy (non-hydrogen) atoms. The quantitative estimate of drug-likeness (QED) is 0.703. The van der Waals surface area contributed by atoms with Gasteiger partial charge in [0.05, 0.1) is 13.7 Å². The Balaban J connectivity index is 1.69. The lowest BCUT2D eigenvalue weighted by atomic mass is 10.2. The first-order valence-corrected chi connectivity index (χ1v) is 6.67. The highest BCUT2D eigenvalue weighted by molar-refractivity contribution is 5.81. The fourth-order valence-electron chi connectivity index (χ4n) is 2.28. The molecular weight excluding hydrogens is 250 g/mol. The third kappa shape index (κ3) is 2.62. The molecule has 102 valence electrons. The first-order chi connectivity index (χ1) is 9.86. The minimum absolute atomic E-state index is 0.653. The molecule has 3 heteroatoms. The number of para-hydroxylation sites is 1. The van der Waals surface area contributed by atoms with Gasteiger partial charge in [-0.05, 0) is 36.4 Å². The van der Waals surface area contributed by atoms with Gasteiger partial charge in [-0.1, -0.05) is 18.2 Å². The second-order valence-corrected chi connectivity index (χ2v) is 4.60. The van der Waals surface area contributed by atoms with Crippen LogP contribution in [-0.2, 0) is 6.54 Å². The molecule has 0 aliphatic rings. The van der Waals surface area contributed by atoms with Crippen LogP contribution in [0.5, 0.6) is 11.5 Å². The van der Waals surface area contributed by atoms with E-state index in [1.165, 1.54) is 10.9 Å². The van der Waals surface area contributed by atoms with Crippen molar-refractivity contribution in [2.45, 2.75) is 6.54 Å². The van der Waals surface area contributed by atoms with Crippen LogP contribution in [0.25, 0.3) is 10.9 Å². The van der Waals surface area contributed by atoms with E-state index < -0.39 is 0 Å². The van der Waals surface area contributed by atoms with E-state index >= 15 is 0 Å². The fraction of sp³-hybridized carbons (Fsp3) is 0.176. The van der Waals surface area contributed by atoms with E-state index in [0.717, 1.165) is 18.0 Å². The summed E-state index contributed by atoms with van der Waals surface area (Å²) < 4.78 is 13.2. The molecule has 2 aromatic carbocycles. The second kappa shape index (κ2) is 5.70. The first kappa shape index (κ1) is 12.6. The maximum atomic E-state index is 5.73. The zero-order chi connectivity index (χ0) is 13.8. The van der Waals surface area contributed by atoms with Crippen LogP contribution in [0.15, 0.2) is 60.8 Å². The summed E-state index contributed by atoms with van der Waals surface area (Å²) in [4.78, 5) is 0. The Bertz CT molecular complexity index is 689. The highest BCUT2D eigenvalue weighted by atomic mass is 16.5. The maximum Gasteiger partial charge on any atom is 0.119 e. The predicted octanol–water partition coefficient (Wildman–Crippen LogP) is 3.73. The molecule has 0 N–H and O–H groups in total. The minimum atomic E-state index is 0.653. The van der Waals surface area contributed by atoms with Gasteiger partial charge in [-0.25, -0.2) is 0 Å². The van der Waals surface area contributed by atoms with Gasteiger partial charge in [-0.15, -0.1) is 0 Å². The summed E-state index contributed by atoms with van der Waals surface area (Å²) in [6.07, 6.45) is 2.08. The molecule has 0 bridgehead atoms. The van der Waals surface area contributed by atoms with Crippen LogP contribution >= 0.6 is 0 Å². The van der Waals surface area contributed by atoms with Gasteiger partial charge in [0.25, 0.3) is 0 Å². The van der Waals surface area contributed by atoms with Crippen molar-refractivity contribution < 1.29 is 9.47 Å². The Morgan fingerprint density at radius 3 is 2.60 bits per heavy atom. The Morgan fingerprint density at radius 2 is 1.80 bits per heavy atom. The Morgan fingerprint density at radius 1 is 0.950 bits per heavy atom. The van der Waals surface area contributed by atoms with Gasteiger partial charge < -0.3 is 14.0 Å². The van der Waals surface area contributed by atoms with Crippen LogP contribution in [0.3, 0.4) is 0 Å². The Labute approximate surface area is 118 Å². The van der Waals surface area contributed by atoms with Crippen molar-refractivity contribution in [1.29, 1.82) is 0 Å². The summed E-state index contributed by atoms with van der Waals surface area (Å²) >= 11 is 0. The predicted molar refractivity (Wildman–Crippen MR) is 80.4 cm³/mol. The van der Waals surface area contributed by atoms with Crippen LogP contribution in [0.1, 0.15) is 0 Å². The van der Waals surface area contributed by atoms with Gasteiger partial charge >= 0.3 is 0 Å². The van der Waals surface area contributed by atoms with E-state index in [2.05, 4.69) is 22.9 Å². The molecule has 0 fully saturated rings. The fourth-order valence-corrected chi connectivity index (χ4v) is 2.28. The molecule has 0 unspecified atom stereocenters. The molecule has 0 saturated heterocycles. The van der Waals surface area contributed by atoms with E-state index in [9.17, 15) is 0 Å². The van der Waals surface area contributed by atoms with E-state index in [1.807, 2.05) is 42.5 Å². The van der Waals surface area contributed by atoms with Crippen LogP contribution in [0.4, 0.5) is 0 Å². The van der Waals surface area contributed by atoms with Gasteiger partial charge in [-0.2, -0.15) is 0 Å². The number of benzene rings is 2. The zero-order valence-corrected chi connectivity index (χ0v) is 11.5. The molecule has 0 atom stereocenters. The van der Waals surface area contributed by atoms with Crippen molar-refractivity contribution in [2.75, 3.05) is 13.7 Å². The SMILES string of the molecule is COc1ccc2c(ccn2CCOc2ccccc2)c1. The van der Waals surface area contributed by atoms with Crippen LogP contribution < -0.4 is 9.47 Å². The van der Waals surface area contributed by atoms with Crippen LogP contribution in [0.2, 0.25) is 0 Å². The van der Waals surface area contributed by atoms with Gasteiger partial charge in [0, 0.05) is 17.1 Å². The van der Waals surface area contributed by atoms with Crippen molar-refractivity contribution in [1.82, 2.24) is 4.57 Å². The summed E-state index contributed by atoms with van der Waals surface area (Å²) in [6, 6.07) is 18.1. The lowest BCUT2D eigenvalue weighted by Gasteiger charge is -2.08. The lowest BCUT2D eigenvalue weighted by molar-refractivity contribution is 0.300. The number of nitrogens with zero attached hydrogens (tertiary/aromatic N) is 1. The van der Waals surface area contributed by atoms with Gasteiger partial charge in [0.2, 0.25) is 0 Å². The largest absolute Gasteiger partial charge is 0.497 e. The number of hydrogen-bond donors (Lipinski definition) is 0. The molecule has 3 nitrogen and oxygen atoms in total. The average molecular weight is 267 g/mol. The lowest BCUT2D eigenvalue weighted by Crippen LogP contribution is -2.06. The molecule has 0 aliphatic carbocycles. The minimum Gasteiger partial charge on any atom is -0.497 e. The van der Waals surface area contributed by atoms with E-state index in [1.54, 1.807) is 7.11 Å². The smallest absolute Gasteiger partial charge is 0.119 e. The van der Waals surface area contributed by atoms with Crippen molar-refractivity contribution in [3.05, 3.63) is 60.8 Å². The van der Waals surface area contributed by atoms with Gasteiger partial charge in [0.1, 0.15) is 18.1 Å². The Kier molecular flexibility index (Phi) is 3.59. The van der Waals surface area contributed by atoms with Gasteiger partial charge in [-0.3, -0.25) is 0 Å². The number of fused-ring (bicyclic) bond motifs is 1. The third-order valence-electron chi connectivity index (χ3n) is 3.32. The average Bonchev–Trinajstić information content (AvgIpc) is 2.91. The molecule has 1 aromatic heterocycles. The molecule has 0 aliphatic heterocycles. The molecular formula is C17H17NO2. The van der Waals surface area contributed by atoms with E-state index in [-0.39, 0.29) is 0 Å². The van der Waals surface area contributed by atoms with Crippen LogP contribution in [-0.4, -0.2) is 18.3 Å². The Hall–Kier alpha value is -2.42.